The van der Waals surface area contributed by atoms with Gasteiger partial charge >= 0.3 is 18.3 Å². The molecule has 182 valence electrons. The molecule has 0 aliphatic rings. The molecular formula is C23H32FN3O6. The molecule has 0 saturated carbocycles. The number of carbonyl (C=O) groups excluding carboxylic acids is 3. The van der Waals surface area contributed by atoms with Gasteiger partial charge < -0.3 is 14.2 Å². The number of hydrogen-bond donors (Lipinski definition) is 0. The first kappa shape index (κ1) is 26.1. The number of fused-ring (bicyclic) bond motifs is 1. The number of anilines is 1. The van der Waals surface area contributed by atoms with E-state index >= 15 is 0 Å². The number of benzene rings is 1. The van der Waals surface area contributed by atoms with Crippen molar-refractivity contribution in [2.24, 2.45) is 0 Å². The number of nitrogens with zero attached hydrogens (tertiary/aromatic N) is 3. The van der Waals surface area contributed by atoms with Gasteiger partial charge in [-0.15, -0.1) is 5.10 Å². The van der Waals surface area contributed by atoms with Crippen molar-refractivity contribution in [2.45, 2.75) is 86.0 Å². The van der Waals surface area contributed by atoms with E-state index in [1.165, 1.54) is 13.0 Å². The van der Waals surface area contributed by atoms with Crippen molar-refractivity contribution >= 4 is 35.0 Å². The summed E-state index contributed by atoms with van der Waals surface area (Å²) in [5, 5.41) is 4.32. The monoisotopic (exact) mass is 465 g/mol. The zero-order valence-corrected chi connectivity index (χ0v) is 20.8. The van der Waals surface area contributed by atoms with Crippen LogP contribution in [0.1, 0.15) is 67.9 Å². The third kappa shape index (κ3) is 6.66. The Balaban J connectivity index is 2.77. The number of halogens is 1. The van der Waals surface area contributed by atoms with Gasteiger partial charge in [0, 0.05) is 11.5 Å². The molecule has 1 aromatic carbocycles. The predicted molar refractivity (Wildman–Crippen MR) is 121 cm³/mol. The Morgan fingerprint density at radius 3 is 1.73 bits per heavy atom. The largest absolute Gasteiger partial charge is 0.443 e. The Morgan fingerprint density at radius 2 is 1.30 bits per heavy atom. The van der Waals surface area contributed by atoms with E-state index in [1.54, 1.807) is 62.3 Å². The van der Waals surface area contributed by atoms with Gasteiger partial charge in [0.25, 0.3) is 0 Å². The lowest BCUT2D eigenvalue weighted by molar-refractivity contribution is 0.0421. The van der Waals surface area contributed by atoms with Crippen LogP contribution in [-0.2, 0) is 14.2 Å². The Kier molecular flexibility index (Phi) is 6.83. The fourth-order valence-corrected chi connectivity index (χ4v) is 2.70. The molecule has 0 saturated heterocycles. The minimum atomic E-state index is -1.06. The van der Waals surface area contributed by atoms with Gasteiger partial charge in [0.05, 0.1) is 5.52 Å². The summed E-state index contributed by atoms with van der Waals surface area (Å²) in [6.45, 7) is 16.3. The van der Waals surface area contributed by atoms with Crippen LogP contribution in [-0.4, -0.2) is 44.9 Å². The molecule has 2 rings (SSSR count). The number of carbonyl (C=O) groups is 3. The molecule has 10 heteroatoms. The lowest BCUT2D eigenvalue weighted by Crippen LogP contribution is -2.44. The molecule has 0 aliphatic heterocycles. The van der Waals surface area contributed by atoms with Crippen LogP contribution in [0.15, 0.2) is 12.1 Å². The van der Waals surface area contributed by atoms with Crippen molar-refractivity contribution in [3.05, 3.63) is 23.5 Å². The summed E-state index contributed by atoms with van der Waals surface area (Å²) in [5.74, 6) is -0.845. The molecule has 33 heavy (non-hydrogen) atoms. The highest BCUT2D eigenvalue weighted by Crippen LogP contribution is 2.31. The molecule has 0 radical (unpaired) electrons. The summed E-state index contributed by atoms with van der Waals surface area (Å²) in [7, 11) is 0. The lowest BCUT2D eigenvalue weighted by atomic mass is 10.1. The molecule has 2 aromatic rings. The molecule has 0 N–H and O–H groups in total. The third-order valence-corrected chi connectivity index (χ3v) is 3.87. The van der Waals surface area contributed by atoms with Crippen molar-refractivity contribution in [2.75, 3.05) is 4.90 Å². The molecule has 0 fully saturated rings. The topological polar surface area (TPSA) is 100.0 Å². The van der Waals surface area contributed by atoms with Crippen LogP contribution in [0.3, 0.4) is 0 Å². The summed E-state index contributed by atoms with van der Waals surface area (Å²) in [6, 6.07) is 2.48. The first-order chi connectivity index (χ1) is 14.8. The van der Waals surface area contributed by atoms with E-state index in [4.69, 9.17) is 14.2 Å². The van der Waals surface area contributed by atoms with Gasteiger partial charge in [0.15, 0.2) is 5.82 Å². The maximum absolute atomic E-state index is 14.4. The quantitative estimate of drug-likeness (QED) is 0.480. The Labute approximate surface area is 192 Å². The SMILES string of the molecule is Cc1cc2c(N(C(=O)OC(C)(C)C)C(=O)OC(C)(C)C)nn(C(=O)OC(C)(C)C)c2cc1F. The summed E-state index contributed by atoms with van der Waals surface area (Å²) in [4.78, 5) is 39.5. The van der Waals surface area contributed by atoms with Gasteiger partial charge in [-0.3, -0.25) is 0 Å². The first-order valence-electron chi connectivity index (χ1n) is 10.5. The standard InChI is InChI=1S/C23H32FN3O6/c1-13-11-14-16(12-15(13)24)27(20(30)33-23(8,9)10)25-17(14)26(18(28)31-21(2,3)4)19(29)32-22(5,6)7/h11-12H,1-10H3. The number of amides is 2. The Bertz CT molecular complexity index is 1060. The molecule has 0 spiro atoms. The van der Waals surface area contributed by atoms with Gasteiger partial charge in [-0.25, -0.2) is 18.8 Å². The molecular weight excluding hydrogens is 433 g/mol. The van der Waals surface area contributed by atoms with Gasteiger partial charge in [-0.1, -0.05) is 0 Å². The van der Waals surface area contributed by atoms with E-state index in [0.29, 0.717) is 4.90 Å². The van der Waals surface area contributed by atoms with E-state index < -0.39 is 40.9 Å². The second kappa shape index (κ2) is 8.64. The van der Waals surface area contributed by atoms with E-state index in [1.807, 2.05) is 0 Å². The molecule has 0 bridgehead atoms. The summed E-state index contributed by atoms with van der Waals surface area (Å²) >= 11 is 0. The fraction of sp³-hybridized carbons (Fsp3) is 0.565. The zero-order valence-electron chi connectivity index (χ0n) is 20.8. The average molecular weight is 466 g/mol. The minimum Gasteiger partial charge on any atom is -0.443 e. The highest BCUT2D eigenvalue weighted by molar-refractivity contribution is 6.14. The van der Waals surface area contributed by atoms with Crippen LogP contribution in [0.2, 0.25) is 0 Å². The van der Waals surface area contributed by atoms with Crippen LogP contribution >= 0.6 is 0 Å². The van der Waals surface area contributed by atoms with Gasteiger partial charge in [-0.05, 0) is 80.9 Å². The summed E-state index contributed by atoms with van der Waals surface area (Å²) in [5.41, 5.74) is -2.51. The molecule has 0 unspecified atom stereocenters. The van der Waals surface area contributed by atoms with Crippen molar-refractivity contribution in [1.82, 2.24) is 9.78 Å². The fourth-order valence-electron chi connectivity index (χ4n) is 2.70. The van der Waals surface area contributed by atoms with E-state index in [-0.39, 0.29) is 22.3 Å². The number of ether oxygens (including phenoxy) is 3. The Morgan fingerprint density at radius 1 is 0.848 bits per heavy atom. The van der Waals surface area contributed by atoms with Crippen LogP contribution in [0, 0.1) is 12.7 Å². The minimum absolute atomic E-state index is 0.0134. The van der Waals surface area contributed by atoms with E-state index in [2.05, 4.69) is 5.10 Å². The third-order valence-electron chi connectivity index (χ3n) is 3.87. The number of rotatable bonds is 1. The number of aryl methyl sites for hydroxylation is 1. The predicted octanol–water partition coefficient (Wildman–Crippen LogP) is 5.94. The number of aromatic nitrogens is 2. The molecule has 1 aromatic heterocycles. The highest BCUT2D eigenvalue weighted by Gasteiger charge is 2.37. The summed E-state index contributed by atoms with van der Waals surface area (Å²) < 4.78 is 31.4. The molecule has 2 amide bonds. The van der Waals surface area contributed by atoms with E-state index in [9.17, 15) is 18.8 Å². The first-order valence-corrected chi connectivity index (χ1v) is 10.5. The number of hydrogen-bond acceptors (Lipinski definition) is 7. The second-order valence-corrected chi connectivity index (χ2v) is 10.6. The lowest BCUT2D eigenvalue weighted by Gasteiger charge is -2.27. The van der Waals surface area contributed by atoms with Crippen LogP contribution in [0.25, 0.3) is 10.9 Å². The average Bonchev–Trinajstić information content (AvgIpc) is 2.89. The maximum atomic E-state index is 14.4. The van der Waals surface area contributed by atoms with Crippen LogP contribution < -0.4 is 4.90 Å². The van der Waals surface area contributed by atoms with Crippen LogP contribution in [0.5, 0.6) is 0 Å². The van der Waals surface area contributed by atoms with Crippen molar-refractivity contribution in [3.63, 3.8) is 0 Å². The van der Waals surface area contributed by atoms with Gasteiger partial charge in [0.1, 0.15) is 22.6 Å². The van der Waals surface area contributed by atoms with Gasteiger partial charge in [-0.2, -0.15) is 9.58 Å². The van der Waals surface area contributed by atoms with Crippen molar-refractivity contribution in [1.29, 1.82) is 0 Å². The molecule has 0 aliphatic carbocycles. The molecule has 1 heterocycles. The van der Waals surface area contributed by atoms with Gasteiger partial charge in [0.2, 0.25) is 0 Å². The smallest absolute Gasteiger partial charge is 0.435 e. The highest BCUT2D eigenvalue weighted by atomic mass is 19.1. The normalized spacial score (nSPS) is 12.5. The molecule has 0 atom stereocenters. The van der Waals surface area contributed by atoms with Crippen molar-refractivity contribution in [3.8, 4) is 0 Å². The van der Waals surface area contributed by atoms with Crippen LogP contribution in [0.4, 0.5) is 24.6 Å². The zero-order chi connectivity index (χ0) is 25.5. The second-order valence-electron chi connectivity index (χ2n) is 10.6. The van der Waals surface area contributed by atoms with Crippen molar-refractivity contribution < 1.29 is 33.0 Å². The Hall–Kier alpha value is -3.17. The summed E-state index contributed by atoms with van der Waals surface area (Å²) in [6.07, 6.45) is -3.03. The molecule has 9 nitrogen and oxygen atoms in total. The number of imide groups is 1. The maximum Gasteiger partial charge on any atom is 0.435 e. The van der Waals surface area contributed by atoms with E-state index in [0.717, 1.165) is 10.7 Å².